The molecule has 3 rings (SSSR count). The van der Waals surface area contributed by atoms with Gasteiger partial charge in [0.2, 0.25) is 5.91 Å². The number of para-hydroxylation sites is 2. The van der Waals surface area contributed by atoms with E-state index in [0.717, 1.165) is 5.52 Å². The second-order valence-corrected chi connectivity index (χ2v) is 6.64. The third-order valence-electron chi connectivity index (χ3n) is 3.37. The molecule has 0 aliphatic carbocycles. The van der Waals surface area contributed by atoms with E-state index in [2.05, 4.69) is 10.3 Å². The fourth-order valence-electron chi connectivity index (χ4n) is 2.14. The van der Waals surface area contributed by atoms with Crippen LogP contribution in [0.4, 0.5) is 10.1 Å². The Morgan fingerprint density at radius 1 is 1.38 bits per heavy atom. The molecule has 7 heteroatoms. The third kappa shape index (κ3) is 3.71. The second-order valence-electron chi connectivity index (χ2n) is 5.08. The van der Waals surface area contributed by atoms with E-state index in [0.29, 0.717) is 22.9 Å². The largest absolute Gasteiger partial charge is 0.431 e. The molecule has 0 fully saturated rings. The van der Waals surface area contributed by atoms with Gasteiger partial charge in [0.15, 0.2) is 5.58 Å². The average molecular weight is 365 g/mol. The zero-order valence-corrected chi connectivity index (χ0v) is 14.3. The van der Waals surface area contributed by atoms with Gasteiger partial charge in [-0.3, -0.25) is 4.79 Å². The minimum Gasteiger partial charge on any atom is -0.431 e. The number of oxazole rings is 1. The lowest BCUT2D eigenvalue weighted by molar-refractivity contribution is -0.115. The molecule has 1 heterocycles. The SMILES string of the molecule is CCC(Sc1nc2ccccc2o1)C(=O)Nc1ccc(F)c(Cl)c1. The van der Waals surface area contributed by atoms with Crippen LogP contribution in [-0.4, -0.2) is 16.1 Å². The van der Waals surface area contributed by atoms with Gasteiger partial charge in [0.1, 0.15) is 11.3 Å². The van der Waals surface area contributed by atoms with Crippen LogP contribution in [0.5, 0.6) is 0 Å². The molecule has 1 unspecified atom stereocenters. The zero-order chi connectivity index (χ0) is 17.1. The molecule has 0 spiro atoms. The molecule has 1 N–H and O–H groups in total. The molecule has 0 saturated heterocycles. The van der Waals surface area contributed by atoms with Crippen LogP contribution < -0.4 is 5.32 Å². The van der Waals surface area contributed by atoms with Gasteiger partial charge in [-0.2, -0.15) is 0 Å². The number of anilines is 1. The van der Waals surface area contributed by atoms with Crippen molar-refractivity contribution in [3.63, 3.8) is 0 Å². The minimum absolute atomic E-state index is 0.0348. The summed E-state index contributed by atoms with van der Waals surface area (Å²) in [4.78, 5) is 16.8. The molecular weight excluding hydrogens is 351 g/mol. The number of thioether (sulfide) groups is 1. The van der Waals surface area contributed by atoms with Crippen molar-refractivity contribution in [2.75, 3.05) is 5.32 Å². The molecule has 24 heavy (non-hydrogen) atoms. The van der Waals surface area contributed by atoms with Crippen LogP contribution in [0, 0.1) is 5.82 Å². The number of halogens is 2. The Hall–Kier alpha value is -2.05. The van der Waals surface area contributed by atoms with Crippen LogP contribution in [0.15, 0.2) is 52.1 Å². The Labute approximate surface area is 147 Å². The van der Waals surface area contributed by atoms with Crippen molar-refractivity contribution < 1.29 is 13.6 Å². The molecule has 0 radical (unpaired) electrons. The summed E-state index contributed by atoms with van der Waals surface area (Å²) in [6, 6.07) is 11.5. The first kappa shape index (κ1) is 16.8. The lowest BCUT2D eigenvalue weighted by Gasteiger charge is -2.13. The van der Waals surface area contributed by atoms with Crippen molar-refractivity contribution in [3.8, 4) is 0 Å². The number of nitrogens with one attached hydrogen (secondary N) is 1. The Balaban J connectivity index is 1.72. The van der Waals surface area contributed by atoms with Crippen molar-refractivity contribution >= 4 is 46.1 Å². The summed E-state index contributed by atoms with van der Waals surface area (Å²) in [7, 11) is 0. The Morgan fingerprint density at radius 3 is 2.88 bits per heavy atom. The van der Waals surface area contributed by atoms with Gasteiger partial charge in [0.25, 0.3) is 5.22 Å². The van der Waals surface area contributed by atoms with E-state index in [1.165, 1.54) is 30.0 Å². The number of hydrogen-bond acceptors (Lipinski definition) is 4. The van der Waals surface area contributed by atoms with Crippen LogP contribution in [0.2, 0.25) is 5.02 Å². The number of aromatic nitrogens is 1. The van der Waals surface area contributed by atoms with Crippen LogP contribution in [0.25, 0.3) is 11.1 Å². The average Bonchev–Trinajstić information content (AvgIpc) is 2.98. The normalized spacial score (nSPS) is 12.3. The Morgan fingerprint density at radius 2 is 2.17 bits per heavy atom. The number of fused-ring (bicyclic) bond motifs is 1. The molecule has 0 saturated carbocycles. The molecule has 0 aliphatic heterocycles. The number of nitrogens with zero attached hydrogens (tertiary/aromatic N) is 1. The molecule has 0 bridgehead atoms. The topological polar surface area (TPSA) is 55.1 Å². The van der Waals surface area contributed by atoms with Gasteiger partial charge in [0, 0.05) is 5.69 Å². The molecular formula is C17H14ClFN2O2S. The first-order valence-electron chi connectivity index (χ1n) is 7.35. The molecule has 0 aliphatic rings. The number of carbonyl (C=O) groups is 1. The van der Waals surface area contributed by atoms with Crippen LogP contribution >= 0.6 is 23.4 Å². The first-order chi connectivity index (χ1) is 11.6. The standard InChI is InChI=1S/C17H14ClFN2O2S/c1-2-15(16(22)20-10-7-8-12(19)11(18)9-10)24-17-21-13-5-3-4-6-14(13)23-17/h3-9,15H,2H2,1H3,(H,20,22). The summed E-state index contributed by atoms with van der Waals surface area (Å²) in [5.74, 6) is -0.741. The predicted octanol–water partition coefficient (Wildman–Crippen LogP) is 5.13. The second kappa shape index (κ2) is 7.23. The summed E-state index contributed by atoms with van der Waals surface area (Å²) in [6.45, 7) is 1.90. The summed E-state index contributed by atoms with van der Waals surface area (Å²) >= 11 is 6.98. The lowest BCUT2D eigenvalue weighted by Crippen LogP contribution is -2.24. The van der Waals surface area contributed by atoms with Crippen molar-refractivity contribution in [1.29, 1.82) is 0 Å². The molecule has 1 atom stereocenters. The van der Waals surface area contributed by atoms with E-state index in [9.17, 15) is 9.18 Å². The molecule has 1 aromatic heterocycles. The van der Waals surface area contributed by atoms with Crippen LogP contribution in [0.1, 0.15) is 13.3 Å². The monoisotopic (exact) mass is 364 g/mol. The van der Waals surface area contributed by atoms with E-state index in [-0.39, 0.29) is 16.2 Å². The summed E-state index contributed by atoms with van der Waals surface area (Å²) in [5.41, 5.74) is 1.88. The van der Waals surface area contributed by atoms with Gasteiger partial charge >= 0.3 is 0 Å². The van der Waals surface area contributed by atoms with Gasteiger partial charge in [0.05, 0.1) is 10.3 Å². The van der Waals surface area contributed by atoms with E-state index in [4.69, 9.17) is 16.0 Å². The van der Waals surface area contributed by atoms with Crippen LogP contribution in [0.3, 0.4) is 0 Å². The number of amides is 1. The summed E-state index contributed by atoms with van der Waals surface area (Å²) < 4.78 is 18.8. The predicted molar refractivity (Wildman–Crippen MR) is 94.0 cm³/mol. The minimum atomic E-state index is -0.525. The Kier molecular flexibility index (Phi) is 5.06. The smallest absolute Gasteiger partial charge is 0.257 e. The quantitative estimate of drug-likeness (QED) is 0.637. The maximum absolute atomic E-state index is 13.2. The Bertz CT molecular complexity index is 851. The number of benzene rings is 2. The molecule has 2 aromatic carbocycles. The fraction of sp³-hybridized carbons (Fsp3) is 0.176. The maximum Gasteiger partial charge on any atom is 0.257 e. The van der Waals surface area contributed by atoms with Gasteiger partial charge in [-0.25, -0.2) is 9.37 Å². The summed E-state index contributed by atoms with van der Waals surface area (Å²) in [6.07, 6.45) is 0.587. The number of carbonyl (C=O) groups excluding carboxylic acids is 1. The van der Waals surface area contributed by atoms with Gasteiger partial charge < -0.3 is 9.73 Å². The van der Waals surface area contributed by atoms with E-state index in [1.807, 2.05) is 31.2 Å². The van der Waals surface area contributed by atoms with Crippen molar-refractivity contribution in [2.45, 2.75) is 23.8 Å². The highest BCUT2D eigenvalue weighted by molar-refractivity contribution is 8.00. The molecule has 124 valence electrons. The highest BCUT2D eigenvalue weighted by atomic mass is 35.5. The van der Waals surface area contributed by atoms with Crippen molar-refractivity contribution in [3.05, 3.63) is 53.3 Å². The highest BCUT2D eigenvalue weighted by Gasteiger charge is 2.21. The van der Waals surface area contributed by atoms with E-state index < -0.39 is 5.82 Å². The molecule has 3 aromatic rings. The third-order valence-corrected chi connectivity index (χ3v) is 4.87. The molecule has 4 nitrogen and oxygen atoms in total. The van der Waals surface area contributed by atoms with Gasteiger partial charge in [-0.1, -0.05) is 42.4 Å². The van der Waals surface area contributed by atoms with Crippen molar-refractivity contribution in [2.24, 2.45) is 0 Å². The first-order valence-corrected chi connectivity index (χ1v) is 8.60. The lowest BCUT2D eigenvalue weighted by atomic mass is 10.2. The van der Waals surface area contributed by atoms with Crippen LogP contribution in [-0.2, 0) is 4.79 Å². The highest BCUT2D eigenvalue weighted by Crippen LogP contribution is 2.29. The van der Waals surface area contributed by atoms with Crippen molar-refractivity contribution in [1.82, 2.24) is 4.98 Å². The number of rotatable bonds is 5. The van der Waals surface area contributed by atoms with E-state index in [1.54, 1.807) is 0 Å². The van der Waals surface area contributed by atoms with Gasteiger partial charge in [-0.05, 0) is 36.8 Å². The zero-order valence-electron chi connectivity index (χ0n) is 12.8. The maximum atomic E-state index is 13.2. The fourth-order valence-corrected chi connectivity index (χ4v) is 3.19. The summed E-state index contributed by atoms with van der Waals surface area (Å²) in [5, 5.41) is 2.75. The van der Waals surface area contributed by atoms with Gasteiger partial charge in [-0.15, -0.1) is 0 Å². The number of hydrogen-bond donors (Lipinski definition) is 1. The van der Waals surface area contributed by atoms with E-state index >= 15 is 0 Å². The molecule has 1 amide bonds.